The normalized spacial score (nSPS) is 10.8. The van der Waals surface area contributed by atoms with Crippen LogP contribution in [0.25, 0.3) is 11.4 Å². The van der Waals surface area contributed by atoms with Crippen molar-refractivity contribution in [1.82, 2.24) is 9.97 Å². The van der Waals surface area contributed by atoms with Gasteiger partial charge in [0.1, 0.15) is 5.75 Å². The van der Waals surface area contributed by atoms with E-state index in [4.69, 9.17) is 0 Å². The van der Waals surface area contributed by atoms with E-state index in [1.165, 1.54) is 18.3 Å². The number of aryl methyl sites for hydroxylation is 1. The number of phenolic OH excluding ortho intramolecular Hbond substituents is 1. The van der Waals surface area contributed by atoms with Gasteiger partial charge in [0.15, 0.2) is 11.6 Å². The van der Waals surface area contributed by atoms with Crippen molar-refractivity contribution in [3.05, 3.63) is 76.0 Å². The average molecular weight is 349 g/mol. The van der Waals surface area contributed by atoms with E-state index < -0.39 is 4.92 Å². The van der Waals surface area contributed by atoms with Crippen LogP contribution in [0.2, 0.25) is 0 Å². The molecule has 0 aliphatic rings. The van der Waals surface area contributed by atoms with Crippen molar-refractivity contribution in [2.24, 2.45) is 5.10 Å². The van der Waals surface area contributed by atoms with Crippen molar-refractivity contribution in [3.63, 3.8) is 0 Å². The number of non-ortho nitro benzene ring substituents is 1. The molecule has 8 heteroatoms. The quantitative estimate of drug-likeness (QED) is 0.414. The number of anilines is 1. The van der Waals surface area contributed by atoms with Gasteiger partial charge in [0.2, 0.25) is 0 Å². The highest BCUT2D eigenvalue weighted by Gasteiger charge is 2.09. The molecule has 0 bridgehead atoms. The molecular formula is C18H15N5O3. The summed E-state index contributed by atoms with van der Waals surface area (Å²) in [4.78, 5) is 19.0. The fourth-order valence-electron chi connectivity index (χ4n) is 2.30. The zero-order chi connectivity index (χ0) is 18.5. The maximum absolute atomic E-state index is 10.8. The number of nitrogens with one attached hydrogen (secondary N) is 1. The van der Waals surface area contributed by atoms with Crippen molar-refractivity contribution < 1.29 is 10.0 Å². The lowest BCUT2D eigenvalue weighted by Crippen LogP contribution is -1.99. The Balaban J connectivity index is 1.81. The Morgan fingerprint density at radius 3 is 2.73 bits per heavy atom. The minimum atomic E-state index is -0.461. The summed E-state index contributed by atoms with van der Waals surface area (Å²) in [5.74, 6) is 0.901. The Labute approximate surface area is 149 Å². The fraction of sp³-hybridized carbons (Fsp3) is 0.0556. The van der Waals surface area contributed by atoms with Gasteiger partial charge in [0.25, 0.3) is 5.69 Å². The SMILES string of the molecule is Cc1cc(NN=Cc2cccc([N+](=O)[O-])c2)nc(-c2ccccc2O)n1. The Kier molecular flexibility index (Phi) is 4.84. The Bertz CT molecular complexity index is 988. The summed E-state index contributed by atoms with van der Waals surface area (Å²) in [6.45, 7) is 1.81. The molecule has 0 unspecified atom stereocenters. The summed E-state index contributed by atoms with van der Waals surface area (Å²) < 4.78 is 0. The maximum atomic E-state index is 10.8. The highest BCUT2D eigenvalue weighted by Crippen LogP contribution is 2.26. The predicted molar refractivity (Wildman–Crippen MR) is 98.2 cm³/mol. The number of rotatable bonds is 5. The maximum Gasteiger partial charge on any atom is 0.270 e. The summed E-state index contributed by atoms with van der Waals surface area (Å²) in [6, 6.07) is 14.6. The number of hydrogen-bond donors (Lipinski definition) is 2. The second kappa shape index (κ2) is 7.39. The smallest absolute Gasteiger partial charge is 0.270 e. The molecule has 3 rings (SSSR count). The average Bonchev–Trinajstić information content (AvgIpc) is 2.62. The first-order valence-corrected chi connectivity index (χ1v) is 7.70. The lowest BCUT2D eigenvalue weighted by Gasteiger charge is -2.07. The van der Waals surface area contributed by atoms with Crippen LogP contribution in [0.5, 0.6) is 5.75 Å². The highest BCUT2D eigenvalue weighted by atomic mass is 16.6. The third-order valence-corrected chi connectivity index (χ3v) is 3.47. The Morgan fingerprint density at radius 2 is 1.96 bits per heavy atom. The first-order chi connectivity index (χ1) is 12.5. The van der Waals surface area contributed by atoms with Crippen LogP contribution >= 0.6 is 0 Å². The molecule has 0 atom stereocenters. The number of nitro groups is 1. The van der Waals surface area contributed by atoms with Gasteiger partial charge < -0.3 is 5.11 Å². The van der Waals surface area contributed by atoms with Crippen LogP contribution in [0, 0.1) is 17.0 Å². The molecule has 0 saturated carbocycles. The summed E-state index contributed by atoms with van der Waals surface area (Å²) in [5.41, 5.74) is 4.57. The van der Waals surface area contributed by atoms with E-state index in [1.54, 1.807) is 49.4 Å². The molecule has 0 spiro atoms. The van der Waals surface area contributed by atoms with Crippen LogP contribution in [0.4, 0.5) is 11.5 Å². The zero-order valence-corrected chi connectivity index (χ0v) is 13.8. The van der Waals surface area contributed by atoms with Gasteiger partial charge in [-0.05, 0) is 19.1 Å². The molecule has 1 heterocycles. The molecule has 8 nitrogen and oxygen atoms in total. The Hall–Kier alpha value is -3.81. The summed E-state index contributed by atoms with van der Waals surface area (Å²) in [5, 5.41) is 24.8. The number of aromatic nitrogens is 2. The van der Waals surface area contributed by atoms with E-state index in [0.29, 0.717) is 28.5 Å². The van der Waals surface area contributed by atoms with Crippen molar-refractivity contribution in [2.45, 2.75) is 6.92 Å². The van der Waals surface area contributed by atoms with E-state index in [-0.39, 0.29) is 11.4 Å². The minimum absolute atomic E-state index is 0.00586. The largest absolute Gasteiger partial charge is 0.507 e. The number of phenols is 1. The van der Waals surface area contributed by atoms with Gasteiger partial charge in [-0.1, -0.05) is 24.3 Å². The number of hydrazone groups is 1. The molecule has 0 aliphatic carbocycles. The van der Waals surface area contributed by atoms with Crippen molar-refractivity contribution >= 4 is 17.7 Å². The molecule has 2 aromatic carbocycles. The molecule has 0 aliphatic heterocycles. The van der Waals surface area contributed by atoms with Gasteiger partial charge in [-0.3, -0.25) is 15.5 Å². The van der Waals surface area contributed by atoms with E-state index in [9.17, 15) is 15.2 Å². The van der Waals surface area contributed by atoms with Gasteiger partial charge in [0, 0.05) is 29.5 Å². The second-order valence-electron chi connectivity index (χ2n) is 5.46. The van der Waals surface area contributed by atoms with Crippen LogP contribution in [0.1, 0.15) is 11.3 Å². The second-order valence-corrected chi connectivity index (χ2v) is 5.46. The molecule has 3 aromatic rings. The summed E-state index contributed by atoms with van der Waals surface area (Å²) >= 11 is 0. The zero-order valence-electron chi connectivity index (χ0n) is 13.8. The van der Waals surface area contributed by atoms with Crippen molar-refractivity contribution in [2.75, 3.05) is 5.43 Å². The van der Waals surface area contributed by atoms with Crippen molar-refractivity contribution in [1.29, 1.82) is 0 Å². The molecule has 0 saturated heterocycles. The van der Waals surface area contributed by atoms with Crippen LogP contribution in [0.15, 0.2) is 59.7 Å². The standard InChI is InChI=1S/C18H15N5O3/c1-12-9-17(21-18(20-12)15-7-2-3-8-16(15)24)22-19-11-13-5-4-6-14(10-13)23(25)26/h2-11,24H,1H3,(H,20,21,22). The molecule has 0 radical (unpaired) electrons. The molecule has 2 N–H and O–H groups in total. The Morgan fingerprint density at radius 1 is 1.15 bits per heavy atom. The summed E-state index contributed by atoms with van der Waals surface area (Å²) in [7, 11) is 0. The number of nitrogens with zero attached hydrogens (tertiary/aromatic N) is 4. The molecular weight excluding hydrogens is 334 g/mol. The molecule has 26 heavy (non-hydrogen) atoms. The van der Waals surface area contributed by atoms with Crippen LogP contribution in [0.3, 0.4) is 0 Å². The monoisotopic (exact) mass is 349 g/mol. The van der Waals surface area contributed by atoms with Crippen molar-refractivity contribution in [3.8, 4) is 17.1 Å². The molecule has 0 amide bonds. The van der Waals surface area contributed by atoms with E-state index in [2.05, 4.69) is 20.5 Å². The third kappa shape index (κ3) is 3.99. The number of benzene rings is 2. The lowest BCUT2D eigenvalue weighted by molar-refractivity contribution is -0.384. The third-order valence-electron chi connectivity index (χ3n) is 3.47. The van der Waals surface area contributed by atoms with E-state index in [0.717, 1.165) is 0 Å². The first kappa shape index (κ1) is 17.0. The van der Waals surface area contributed by atoms with Crippen LogP contribution < -0.4 is 5.43 Å². The molecule has 1 aromatic heterocycles. The molecule has 0 fully saturated rings. The van der Waals surface area contributed by atoms with Gasteiger partial charge in [-0.15, -0.1) is 0 Å². The van der Waals surface area contributed by atoms with Gasteiger partial charge in [-0.2, -0.15) is 5.10 Å². The van der Waals surface area contributed by atoms with E-state index in [1.807, 2.05) is 0 Å². The van der Waals surface area contributed by atoms with Gasteiger partial charge in [-0.25, -0.2) is 9.97 Å². The van der Waals surface area contributed by atoms with Crippen LogP contribution in [-0.2, 0) is 0 Å². The highest BCUT2D eigenvalue weighted by molar-refractivity contribution is 5.81. The van der Waals surface area contributed by atoms with Gasteiger partial charge in [0.05, 0.1) is 16.7 Å². The molecule has 130 valence electrons. The number of aromatic hydroxyl groups is 1. The number of nitro benzene ring substituents is 1. The predicted octanol–water partition coefficient (Wildman–Crippen LogP) is 3.51. The van der Waals surface area contributed by atoms with E-state index >= 15 is 0 Å². The topological polar surface area (TPSA) is 114 Å². The number of para-hydroxylation sites is 1. The lowest BCUT2D eigenvalue weighted by atomic mass is 10.2. The minimum Gasteiger partial charge on any atom is -0.507 e. The van der Waals surface area contributed by atoms with Gasteiger partial charge >= 0.3 is 0 Å². The first-order valence-electron chi connectivity index (χ1n) is 7.70. The fourth-order valence-corrected chi connectivity index (χ4v) is 2.30. The summed E-state index contributed by atoms with van der Waals surface area (Å²) in [6.07, 6.45) is 1.46. The number of hydrogen-bond acceptors (Lipinski definition) is 7. The van der Waals surface area contributed by atoms with Crippen LogP contribution in [-0.4, -0.2) is 26.2 Å².